The highest BCUT2D eigenvalue weighted by molar-refractivity contribution is 4.92. The van der Waals surface area contributed by atoms with Gasteiger partial charge in [0.1, 0.15) is 12.2 Å². The highest BCUT2D eigenvalue weighted by atomic mass is 16.8. The molecule has 4 rings (SSSR count). The van der Waals surface area contributed by atoms with E-state index in [1.807, 2.05) is 0 Å². The second kappa shape index (κ2) is 12.5. The van der Waals surface area contributed by atoms with Gasteiger partial charge in [-0.05, 0) is 30.1 Å². The van der Waals surface area contributed by atoms with E-state index in [1.54, 1.807) is 12.2 Å². The maximum atomic E-state index is 6.16. The SMILES string of the molecule is C=CCOCC1COC2(CC(C)CC(C)(C)C2)O1.C=CCOCC1COC2(CCCC(C)C2)O1. The smallest absolute Gasteiger partial charge is 0.169 e. The molecule has 0 aromatic heterocycles. The summed E-state index contributed by atoms with van der Waals surface area (Å²) < 4.78 is 34.9. The van der Waals surface area contributed by atoms with Crippen molar-refractivity contribution in [2.24, 2.45) is 17.3 Å². The molecule has 4 fully saturated rings. The quantitative estimate of drug-likeness (QED) is 0.330. The molecule has 4 aliphatic rings. The Morgan fingerprint density at radius 3 is 1.94 bits per heavy atom. The molecular formula is C28H48O6. The molecule has 196 valence electrons. The van der Waals surface area contributed by atoms with E-state index >= 15 is 0 Å². The Morgan fingerprint density at radius 2 is 1.38 bits per heavy atom. The lowest BCUT2D eigenvalue weighted by Gasteiger charge is -2.44. The summed E-state index contributed by atoms with van der Waals surface area (Å²) in [5.41, 5.74) is 0.300. The Labute approximate surface area is 207 Å². The minimum atomic E-state index is -0.358. The molecule has 2 spiro atoms. The Morgan fingerprint density at radius 1 is 0.824 bits per heavy atom. The van der Waals surface area contributed by atoms with E-state index in [-0.39, 0.29) is 23.8 Å². The van der Waals surface area contributed by atoms with Gasteiger partial charge in [0, 0.05) is 25.7 Å². The Bertz CT molecular complexity index is 651. The topological polar surface area (TPSA) is 55.4 Å². The van der Waals surface area contributed by atoms with Crippen LogP contribution in [0.2, 0.25) is 0 Å². The molecule has 0 radical (unpaired) electrons. The van der Waals surface area contributed by atoms with Gasteiger partial charge in [-0.15, -0.1) is 13.2 Å². The average Bonchev–Trinajstić information content (AvgIpc) is 3.31. The average molecular weight is 481 g/mol. The summed E-state index contributed by atoms with van der Waals surface area (Å²) in [4.78, 5) is 0. The van der Waals surface area contributed by atoms with Crippen molar-refractivity contribution in [3.8, 4) is 0 Å². The van der Waals surface area contributed by atoms with Gasteiger partial charge in [-0.2, -0.15) is 0 Å². The monoisotopic (exact) mass is 480 g/mol. The Balaban J connectivity index is 0.000000192. The third-order valence-corrected chi connectivity index (χ3v) is 7.13. The molecule has 6 atom stereocenters. The Kier molecular flexibility index (Phi) is 10.2. The van der Waals surface area contributed by atoms with Crippen LogP contribution in [0.15, 0.2) is 25.3 Å². The van der Waals surface area contributed by atoms with Gasteiger partial charge in [-0.25, -0.2) is 0 Å². The maximum Gasteiger partial charge on any atom is 0.169 e. The van der Waals surface area contributed by atoms with Crippen molar-refractivity contribution in [1.82, 2.24) is 0 Å². The standard InChI is InChI=1S/C15H26O3.C13H22O3/c1-5-6-16-9-13-10-17-15(18-13)8-12(2)7-14(3,4)11-15;1-3-7-14-9-12-10-15-13(16-12)6-4-5-11(2)8-13/h5,12-13H,1,6-11H2,2-4H3;3,11-12H,1,4-10H2,2H3. The summed E-state index contributed by atoms with van der Waals surface area (Å²) in [5, 5.41) is 0. The van der Waals surface area contributed by atoms with Crippen molar-refractivity contribution >= 4 is 0 Å². The molecule has 2 aliphatic heterocycles. The summed E-state index contributed by atoms with van der Waals surface area (Å²) in [6.45, 7) is 20.1. The molecule has 0 amide bonds. The zero-order chi connectivity index (χ0) is 24.7. The molecule has 0 N–H and O–H groups in total. The van der Waals surface area contributed by atoms with Crippen molar-refractivity contribution in [1.29, 1.82) is 0 Å². The van der Waals surface area contributed by atoms with Crippen LogP contribution in [0.5, 0.6) is 0 Å². The van der Waals surface area contributed by atoms with Crippen LogP contribution in [0.25, 0.3) is 0 Å². The summed E-state index contributed by atoms with van der Waals surface area (Å²) in [5.74, 6) is 0.715. The first kappa shape index (κ1) is 27.8. The van der Waals surface area contributed by atoms with E-state index in [0.717, 1.165) is 25.7 Å². The largest absolute Gasteiger partial charge is 0.375 e. The van der Waals surface area contributed by atoms with Crippen LogP contribution >= 0.6 is 0 Å². The fraction of sp³-hybridized carbons (Fsp3) is 0.857. The van der Waals surface area contributed by atoms with Crippen molar-refractivity contribution in [3.63, 3.8) is 0 Å². The second-order valence-electron chi connectivity index (χ2n) is 11.6. The van der Waals surface area contributed by atoms with Gasteiger partial charge in [0.25, 0.3) is 0 Å². The predicted octanol–water partition coefficient (Wildman–Crippen LogP) is 5.66. The molecule has 2 saturated heterocycles. The summed E-state index contributed by atoms with van der Waals surface area (Å²) in [7, 11) is 0. The number of hydrogen-bond donors (Lipinski definition) is 0. The molecule has 2 aliphatic carbocycles. The normalized spacial score (nSPS) is 39.1. The molecular weight excluding hydrogens is 432 g/mol. The lowest BCUT2D eigenvalue weighted by atomic mass is 9.70. The fourth-order valence-corrected chi connectivity index (χ4v) is 6.28. The van der Waals surface area contributed by atoms with E-state index in [2.05, 4.69) is 40.9 Å². The maximum absolute atomic E-state index is 6.16. The van der Waals surface area contributed by atoms with Gasteiger partial charge < -0.3 is 28.4 Å². The van der Waals surface area contributed by atoms with Gasteiger partial charge >= 0.3 is 0 Å². The van der Waals surface area contributed by atoms with Crippen molar-refractivity contribution in [3.05, 3.63) is 25.3 Å². The molecule has 2 heterocycles. The first-order valence-electron chi connectivity index (χ1n) is 13.2. The number of hydrogen-bond acceptors (Lipinski definition) is 6. The molecule has 6 unspecified atom stereocenters. The summed E-state index contributed by atoms with van der Waals surface area (Å²) in [6.07, 6.45) is 11.5. The van der Waals surface area contributed by atoms with E-state index in [0.29, 0.717) is 56.9 Å². The van der Waals surface area contributed by atoms with Gasteiger partial charge in [0.15, 0.2) is 11.6 Å². The van der Waals surface area contributed by atoms with Gasteiger partial charge in [0.2, 0.25) is 0 Å². The zero-order valence-corrected chi connectivity index (χ0v) is 22.0. The van der Waals surface area contributed by atoms with Gasteiger partial charge in [0.05, 0.1) is 39.6 Å². The van der Waals surface area contributed by atoms with Crippen LogP contribution in [0.3, 0.4) is 0 Å². The third kappa shape index (κ3) is 8.14. The molecule has 6 nitrogen and oxygen atoms in total. The zero-order valence-electron chi connectivity index (χ0n) is 22.0. The minimum absolute atomic E-state index is 0.0750. The van der Waals surface area contributed by atoms with Crippen LogP contribution in [0.1, 0.15) is 72.6 Å². The van der Waals surface area contributed by atoms with E-state index in [1.165, 1.54) is 19.3 Å². The lowest BCUT2D eigenvalue weighted by molar-refractivity contribution is -0.219. The van der Waals surface area contributed by atoms with Crippen molar-refractivity contribution in [2.45, 2.75) is 96.4 Å². The predicted molar refractivity (Wildman–Crippen MR) is 134 cm³/mol. The molecule has 2 saturated carbocycles. The van der Waals surface area contributed by atoms with E-state index in [9.17, 15) is 0 Å². The van der Waals surface area contributed by atoms with Crippen LogP contribution < -0.4 is 0 Å². The van der Waals surface area contributed by atoms with Gasteiger partial charge in [-0.3, -0.25) is 0 Å². The summed E-state index contributed by atoms with van der Waals surface area (Å²) >= 11 is 0. The van der Waals surface area contributed by atoms with Crippen molar-refractivity contribution < 1.29 is 28.4 Å². The van der Waals surface area contributed by atoms with Crippen LogP contribution in [0, 0.1) is 17.3 Å². The molecule has 0 aromatic carbocycles. The molecule has 0 aromatic rings. The number of rotatable bonds is 8. The van der Waals surface area contributed by atoms with Gasteiger partial charge in [-0.1, -0.05) is 46.3 Å². The second-order valence-corrected chi connectivity index (χ2v) is 11.6. The van der Waals surface area contributed by atoms with Crippen LogP contribution in [-0.2, 0) is 28.4 Å². The lowest BCUT2D eigenvalue weighted by Crippen LogP contribution is -2.43. The first-order chi connectivity index (χ1) is 16.2. The highest BCUT2D eigenvalue weighted by Gasteiger charge is 2.49. The van der Waals surface area contributed by atoms with Crippen LogP contribution in [-0.4, -0.2) is 63.4 Å². The minimum Gasteiger partial charge on any atom is -0.375 e. The van der Waals surface area contributed by atoms with Crippen molar-refractivity contribution in [2.75, 3.05) is 39.6 Å². The number of ether oxygens (including phenoxy) is 6. The fourth-order valence-electron chi connectivity index (χ4n) is 6.28. The van der Waals surface area contributed by atoms with E-state index in [4.69, 9.17) is 28.4 Å². The Hall–Kier alpha value is -0.760. The molecule has 0 bridgehead atoms. The first-order valence-corrected chi connectivity index (χ1v) is 13.2. The van der Waals surface area contributed by atoms with Crippen LogP contribution in [0.4, 0.5) is 0 Å². The molecule has 34 heavy (non-hydrogen) atoms. The summed E-state index contributed by atoms with van der Waals surface area (Å²) in [6, 6.07) is 0. The highest BCUT2D eigenvalue weighted by Crippen LogP contribution is 2.48. The third-order valence-electron chi connectivity index (χ3n) is 7.13. The van der Waals surface area contributed by atoms with E-state index < -0.39 is 0 Å². The molecule has 6 heteroatoms.